The molecule has 3 rings (SSSR count). The second-order valence-electron chi connectivity index (χ2n) is 6.78. The van der Waals surface area contributed by atoms with Crippen LogP contribution in [0, 0.1) is 5.92 Å². The van der Waals surface area contributed by atoms with Gasteiger partial charge in [-0.1, -0.05) is 26.2 Å². The van der Waals surface area contributed by atoms with Crippen LogP contribution in [0.5, 0.6) is 0 Å². The quantitative estimate of drug-likeness (QED) is 0.728. The van der Waals surface area contributed by atoms with Gasteiger partial charge in [-0.3, -0.25) is 0 Å². The van der Waals surface area contributed by atoms with Crippen LogP contribution >= 0.6 is 0 Å². The van der Waals surface area contributed by atoms with Crippen LogP contribution in [0.2, 0.25) is 0 Å². The fourth-order valence-electron chi connectivity index (χ4n) is 3.30. The Morgan fingerprint density at radius 3 is 2.81 bits per heavy atom. The first-order chi connectivity index (χ1) is 10.3. The van der Waals surface area contributed by atoms with E-state index >= 15 is 0 Å². The average Bonchev–Trinajstić information content (AvgIpc) is 3.06. The molecule has 3 heteroatoms. The van der Waals surface area contributed by atoms with E-state index < -0.39 is 0 Å². The van der Waals surface area contributed by atoms with Gasteiger partial charge in [-0.25, -0.2) is 0 Å². The summed E-state index contributed by atoms with van der Waals surface area (Å²) >= 11 is 0. The first kappa shape index (κ1) is 15.1. The van der Waals surface area contributed by atoms with E-state index in [1.54, 1.807) is 0 Å². The smallest absolute Gasteiger partial charge is 0.117 e. The minimum atomic E-state index is 0.534. The maximum absolute atomic E-state index is 5.93. The lowest BCUT2D eigenvalue weighted by atomic mass is 9.98. The summed E-state index contributed by atoms with van der Waals surface area (Å²) in [6, 6.07) is 4.27. The predicted molar refractivity (Wildman–Crippen MR) is 84.4 cm³/mol. The third-order valence-electron chi connectivity index (χ3n) is 4.86. The van der Waals surface area contributed by atoms with Gasteiger partial charge in [-0.15, -0.1) is 0 Å². The van der Waals surface area contributed by atoms with Gasteiger partial charge in [0.05, 0.1) is 12.6 Å². The number of rotatable bonds is 8. The molecule has 0 aliphatic heterocycles. The van der Waals surface area contributed by atoms with Crippen LogP contribution < -0.4 is 5.32 Å². The van der Waals surface area contributed by atoms with Gasteiger partial charge in [0.15, 0.2) is 0 Å². The standard InChI is InChI=1S/C18H29NO2/c1-14-12-17(14)18-9-8-16(21-18)13-19-10-5-11-20-15-6-3-2-4-7-15/h8-9,14-15,17,19H,2-7,10-13H2,1H3. The van der Waals surface area contributed by atoms with E-state index in [0.29, 0.717) is 12.0 Å². The molecule has 0 amide bonds. The molecular formula is C18H29NO2. The molecule has 0 saturated heterocycles. The molecule has 2 unspecified atom stereocenters. The molecule has 1 aromatic rings. The maximum Gasteiger partial charge on any atom is 0.117 e. The van der Waals surface area contributed by atoms with Crippen molar-refractivity contribution < 1.29 is 9.15 Å². The second kappa shape index (κ2) is 7.46. The summed E-state index contributed by atoms with van der Waals surface area (Å²) in [6.07, 6.45) is 9.54. The molecule has 0 bridgehead atoms. The van der Waals surface area contributed by atoms with Crippen molar-refractivity contribution in [1.29, 1.82) is 0 Å². The number of furan rings is 1. The summed E-state index contributed by atoms with van der Waals surface area (Å²) in [5, 5.41) is 3.45. The Labute approximate surface area is 128 Å². The monoisotopic (exact) mass is 291 g/mol. The Kier molecular flexibility index (Phi) is 5.37. The van der Waals surface area contributed by atoms with Crippen LogP contribution in [-0.2, 0) is 11.3 Å². The van der Waals surface area contributed by atoms with Crippen LogP contribution in [0.3, 0.4) is 0 Å². The van der Waals surface area contributed by atoms with E-state index in [2.05, 4.69) is 24.4 Å². The highest BCUT2D eigenvalue weighted by Crippen LogP contribution is 2.47. The highest BCUT2D eigenvalue weighted by molar-refractivity contribution is 5.17. The molecule has 1 heterocycles. The van der Waals surface area contributed by atoms with Crippen molar-refractivity contribution in [3.8, 4) is 0 Å². The summed E-state index contributed by atoms with van der Waals surface area (Å²) in [7, 11) is 0. The second-order valence-corrected chi connectivity index (χ2v) is 6.78. The molecule has 3 nitrogen and oxygen atoms in total. The van der Waals surface area contributed by atoms with Gasteiger partial charge in [0.2, 0.25) is 0 Å². The summed E-state index contributed by atoms with van der Waals surface area (Å²) in [4.78, 5) is 0. The van der Waals surface area contributed by atoms with Crippen molar-refractivity contribution in [2.75, 3.05) is 13.2 Å². The van der Waals surface area contributed by atoms with E-state index in [9.17, 15) is 0 Å². The van der Waals surface area contributed by atoms with Crippen molar-refractivity contribution in [2.24, 2.45) is 5.92 Å². The van der Waals surface area contributed by atoms with Gasteiger partial charge in [-0.2, -0.15) is 0 Å². The normalized spacial score (nSPS) is 26.1. The minimum Gasteiger partial charge on any atom is -0.464 e. The Hall–Kier alpha value is -0.800. The van der Waals surface area contributed by atoms with E-state index in [4.69, 9.17) is 9.15 Å². The van der Waals surface area contributed by atoms with Gasteiger partial charge >= 0.3 is 0 Å². The fraction of sp³-hybridized carbons (Fsp3) is 0.778. The molecule has 1 N–H and O–H groups in total. The zero-order valence-corrected chi connectivity index (χ0v) is 13.3. The van der Waals surface area contributed by atoms with Gasteiger partial charge in [-0.05, 0) is 50.3 Å². The van der Waals surface area contributed by atoms with Crippen molar-refractivity contribution in [1.82, 2.24) is 5.32 Å². The Balaban J connectivity index is 1.24. The van der Waals surface area contributed by atoms with E-state index in [1.807, 2.05) is 0 Å². The number of nitrogens with one attached hydrogen (secondary N) is 1. The molecule has 2 saturated carbocycles. The first-order valence-electron chi connectivity index (χ1n) is 8.74. The molecule has 118 valence electrons. The molecule has 2 aliphatic carbocycles. The predicted octanol–water partition coefficient (Wildman–Crippen LogP) is 4.23. The van der Waals surface area contributed by atoms with Gasteiger partial charge in [0.1, 0.15) is 11.5 Å². The van der Waals surface area contributed by atoms with E-state index in [-0.39, 0.29) is 0 Å². The Morgan fingerprint density at radius 1 is 1.24 bits per heavy atom. The zero-order valence-electron chi connectivity index (χ0n) is 13.3. The fourth-order valence-corrected chi connectivity index (χ4v) is 3.30. The molecule has 2 atom stereocenters. The third-order valence-corrected chi connectivity index (χ3v) is 4.86. The van der Waals surface area contributed by atoms with E-state index in [1.165, 1.54) is 44.3 Å². The lowest BCUT2D eigenvalue weighted by Crippen LogP contribution is -2.20. The number of ether oxygens (including phenoxy) is 1. The number of hydrogen-bond donors (Lipinski definition) is 1. The minimum absolute atomic E-state index is 0.534. The highest BCUT2D eigenvalue weighted by atomic mass is 16.5. The molecular weight excluding hydrogens is 262 g/mol. The highest BCUT2D eigenvalue weighted by Gasteiger charge is 2.36. The van der Waals surface area contributed by atoms with Gasteiger partial charge < -0.3 is 14.5 Å². The lowest BCUT2D eigenvalue weighted by Gasteiger charge is -2.21. The molecule has 0 aromatic carbocycles. The van der Waals surface area contributed by atoms with Crippen molar-refractivity contribution in [3.63, 3.8) is 0 Å². The summed E-state index contributed by atoms with van der Waals surface area (Å²) in [6.45, 7) is 5.02. The van der Waals surface area contributed by atoms with Crippen molar-refractivity contribution in [3.05, 3.63) is 23.7 Å². The lowest BCUT2D eigenvalue weighted by molar-refractivity contribution is 0.0272. The van der Waals surface area contributed by atoms with Crippen LogP contribution in [0.4, 0.5) is 0 Å². The maximum atomic E-state index is 5.93. The van der Waals surface area contributed by atoms with Crippen LogP contribution in [0.25, 0.3) is 0 Å². The first-order valence-corrected chi connectivity index (χ1v) is 8.74. The summed E-state index contributed by atoms with van der Waals surface area (Å²) in [5.74, 6) is 3.74. The Bertz CT molecular complexity index is 423. The zero-order chi connectivity index (χ0) is 14.5. The molecule has 0 radical (unpaired) electrons. The average molecular weight is 291 g/mol. The molecule has 21 heavy (non-hydrogen) atoms. The molecule has 2 fully saturated rings. The van der Waals surface area contributed by atoms with Crippen molar-refractivity contribution in [2.45, 2.75) is 70.4 Å². The molecule has 0 spiro atoms. The SMILES string of the molecule is CC1CC1c1ccc(CNCCCOC2CCCCC2)o1. The summed E-state index contributed by atoms with van der Waals surface area (Å²) < 4.78 is 11.8. The van der Waals surface area contributed by atoms with Crippen LogP contribution in [0.1, 0.15) is 69.3 Å². The number of hydrogen-bond acceptors (Lipinski definition) is 3. The molecule has 2 aliphatic rings. The molecule has 1 aromatic heterocycles. The van der Waals surface area contributed by atoms with Crippen LogP contribution in [0.15, 0.2) is 16.5 Å². The van der Waals surface area contributed by atoms with Crippen LogP contribution in [-0.4, -0.2) is 19.3 Å². The van der Waals surface area contributed by atoms with Crippen molar-refractivity contribution >= 4 is 0 Å². The topological polar surface area (TPSA) is 34.4 Å². The largest absolute Gasteiger partial charge is 0.464 e. The third kappa shape index (κ3) is 4.58. The van der Waals surface area contributed by atoms with Gasteiger partial charge in [0.25, 0.3) is 0 Å². The van der Waals surface area contributed by atoms with Gasteiger partial charge in [0, 0.05) is 12.5 Å². The summed E-state index contributed by atoms with van der Waals surface area (Å²) in [5.41, 5.74) is 0. The van der Waals surface area contributed by atoms with E-state index in [0.717, 1.165) is 37.8 Å². The Morgan fingerprint density at radius 2 is 2.05 bits per heavy atom.